The van der Waals surface area contributed by atoms with E-state index in [-0.39, 0.29) is 11.5 Å². The van der Waals surface area contributed by atoms with Crippen LogP contribution in [-0.2, 0) is 20.9 Å². The third-order valence-corrected chi connectivity index (χ3v) is 5.66. The van der Waals surface area contributed by atoms with Crippen LogP contribution in [0.3, 0.4) is 0 Å². The number of carboxylic acid groups (broad SMARTS) is 1. The van der Waals surface area contributed by atoms with Crippen molar-refractivity contribution in [2.24, 2.45) is 5.92 Å². The van der Waals surface area contributed by atoms with Gasteiger partial charge in [-0.1, -0.05) is 12.1 Å². The number of carboxylic acids is 1. The van der Waals surface area contributed by atoms with Gasteiger partial charge in [0.1, 0.15) is 11.4 Å². The highest BCUT2D eigenvalue weighted by molar-refractivity contribution is 5.95. The molecule has 4 rings (SSSR count). The number of ether oxygens (including phenoxy) is 3. The summed E-state index contributed by atoms with van der Waals surface area (Å²) in [4.78, 5) is 27.7. The number of likely N-dealkylation sites (tertiary alicyclic amines) is 1. The van der Waals surface area contributed by atoms with E-state index in [0.29, 0.717) is 43.5 Å². The average molecular weight is 482 g/mol. The Bertz CT molecular complexity index is 980. The Morgan fingerprint density at radius 2 is 1.97 bits per heavy atom. The summed E-state index contributed by atoms with van der Waals surface area (Å²) >= 11 is 0. The summed E-state index contributed by atoms with van der Waals surface area (Å²) in [5.41, 5.74) is 1.30. The van der Waals surface area contributed by atoms with Crippen LogP contribution in [-0.4, -0.2) is 72.1 Å². The van der Waals surface area contributed by atoms with Gasteiger partial charge in [-0.3, -0.25) is 9.78 Å². The van der Waals surface area contributed by atoms with Crippen LogP contribution in [0, 0.1) is 5.92 Å². The van der Waals surface area contributed by atoms with E-state index < -0.39 is 12.1 Å². The van der Waals surface area contributed by atoms with Gasteiger partial charge in [-0.25, -0.2) is 4.79 Å². The molecule has 0 saturated carbocycles. The molecule has 1 aromatic heterocycles. The van der Waals surface area contributed by atoms with Crippen molar-refractivity contribution in [3.05, 3.63) is 59.9 Å². The van der Waals surface area contributed by atoms with E-state index >= 15 is 0 Å². The molecule has 1 aromatic carbocycles. The number of benzene rings is 1. The summed E-state index contributed by atoms with van der Waals surface area (Å²) in [5, 5.41) is 7.12. The summed E-state index contributed by atoms with van der Waals surface area (Å²) < 4.78 is 48.9. The van der Waals surface area contributed by atoms with E-state index in [1.807, 2.05) is 41.3 Å². The van der Waals surface area contributed by atoms with Crippen LogP contribution < -0.4 is 4.74 Å². The molecule has 8 nitrogen and oxygen atoms in total. The molecule has 2 aromatic rings. The third kappa shape index (κ3) is 6.23. The second kappa shape index (κ2) is 10.8. The van der Waals surface area contributed by atoms with Gasteiger partial charge in [0.05, 0.1) is 39.1 Å². The molecule has 2 aliphatic heterocycles. The molecule has 1 unspecified atom stereocenters. The van der Waals surface area contributed by atoms with Crippen LogP contribution in [0.5, 0.6) is 5.75 Å². The van der Waals surface area contributed by atoms with Gasteiger partial charge in [-0.15, -0.1) is 0 Å². The highest BCUT2D eigenvalue weighted by atomic mass is 19.4. The largest absolute Gasteiger partial charge is 0.497 e. The van der Waals surface area contributed by atoms with Gasteiger partial charge in [-0.05, 0) is 36.8 Å². The van der Waals surface area contributed by atoms with Crippen LogP contribution in [0.4, 0.5) is 13.2 Å². The van der Waals surface area contributed by atoms with Crippen molar-refractivity contribution in [2.75, 3.05) is 33.4 Å². The Morgan fingerprint density at radius 1 is 1.24 bits per heavy atom. The fourth-order valence-electron chi connectivity index (χ4n) is 3.84. The zero-order chi connectivity index (χ0) is 24.8. The molecule has 2 saturated heterocycles. The zero-order valence-electron chi connectivity index (χ0n) is 18.5. The standard InChI is InChI=1S/C21H24N2O4.C2HF3O2/c1-25-19-7-4-5-16(11-19)20(24)23-14-21(15-23)17(8-10-27-21)12-26-13-18-6-2-3-9-22-18;3-2(4,5)1(6)7/h2-7,9,11,17H,8,10,12-15H2,1H3;(H,6,7). The van der Waals surface area contributed by atoms with E-state index in [9.17, 15) is 18.0 Å². The maximum atomic E-state index is 12.7. The lowest BCUT2D eigenvalue weighted by Crippen LogP contribution is -2.66. The highest BCUT2D eigenvalue weighted by Gasteiger charge is 2.54. The van der Waals surface area contributed by atoms with Crippen molar-refractivity contribution < 1.29 is 42.1 Å². The minimum atomic E-state index is -5.08. The Labute approximate surface area is 194 Å². The number of amides is 1. The second-order valence-corrected chi connectivity index (χ2v) is 7.93. The van der Waals surface area contributed by atoms with E-state index in [0.717, 1.165) is 18.7 Å². The topological polar surface area (TPSA) is 98.2 Å². The number of halogens is 3. The number of hydrogen-bond acceptors (Lipinski definition) is 6. The van der Waals surface area contributed by atoms with Gasteiger partial charge in [-0.2, -0.15) is 13.2 Å². The summed E-state index contributed by atoms with van der Waals surface area (Å²) in [7, 11) is 1.60. The molecule has 2 aliphatic rings. The molecular formula is C23H25F3N2O6. The number of alkyl halides is 3. The number of carbonyl (C=O) groups is 2. The minimum absolute atomic E-state index is 0.0168. The van der Waals surface area contributed by atoms with Crippen molar-refractivity contribution in [3.8, 4) is 5.75 Å². The molecular weight excluding hydrogens is 457 g/mol. The van der Waals surface area contributed by atoms with Crippen LogP contribution in [0.1, 0.15) is 22.5 Å². The van der Waals surface area contributed by atoms with Crippen LogP contribution in [0.25, 0.3) is 0 Å². The Kier molecular flexibility index (Phi) is 8.11. The number of nitrogens with zero attached hydrogens (tertiary/aromatic N) is 2. The number of aromatic nitrogens is 1. The number of hydrogen-bond donors (Lipinski definition) is 1. The van der Waals surface area contributed by atoms with Gasteiger partial charge in [0, 0.05) is 24.3 Å². The number of carbonyl (C=O) groups excluding carboxylic acids is 1. The minimum Gasteiger partial charge on any atom is -0.497 e. The summed E-state index contributed by atoms with van der Waals surface area (Å²) in [5.74, 6) is -1.75. The third-order valence-electron chi connectivity index (χ3n) is 5.66. The molecule has 1 amide bonds. The molecule has 1 spiro atoms. The molecule has 34 heavy (non-hydrogen) atoms. The molecule has 0 bridgehead atoms. The number of aliphatic carboxylic acids is 1. The maximum absolute atomic E-state index is 12.7. The predicted octanol–water partition coefficient (Wildman–Crippen LogP) is 3.17. The van der Waals surface area contributed by atoms with Crippen LogP contribution in [0.2, 0.25) is 0 Å². The Morgan fingerprint density at radius 3 is 2.59 bits per heavy atom. The number of pyridine rings is 1. The van der Waals surface area contributed by atoms with E-state index in [2.05, 4.69) is 4.98 Å². The highest BCUT2D eigenvalue weighted by Crippen LogP contribution is 2.40. The summed E-state index contributed by atoms with van der Waals surface area (Å²) in [6.45, 7) is 3.07. The molecule has 11 heteroatoms. The normalized spacial score (nSPS) is 18.6. The fraction of sp³-hybridized carbons (Fsp3) is 0.435. The molecule has 3 heterocycles. The first-order chi connectivity index (χ1) is 16.1. The Balaban J connectivity index is 0.000000406. The molecule has 184 valence electrons. The monoisotopic (exact) mass is 482 g/mol. The molecule has 0 aliphatic carbocycles. The fourth-order valence-corrected chi connectivity index (χ4v) is 3.84. The van der Waals surface area contributed by atoms with Gasteiger partial charge in [0.15, 0.2) is 0 Å². The summed E-state index contributed by atoms with van der Waals surface area (Å²) in [6, 6.07) is 13.1. The molecule has 0 radical (unpaired) electrons. The average Bonchev–Trinajstić information content (AvgIpc) is 3.22. The van der Waals surface area contributed by atoms with Gasteiger partial charge in [0.2, 0.25) is 0 Å². The van der Waals surface area contributed by atoms with E-state index in [1.54, 1.807) is 19.4 Å². The summed E-state index contributed by atoms with van der Waals surface area (Å²) in [6.07, 6.45) is -2.35. The SMILES string of the molecule is COc1cccc(C(=O)N2CC3(C2)OCCC3COCc2ccccn2)c1.O=C(O)C(F)(F)F. The first-order valence-corrected chi connectivity index (χ1v) is 10.5. The molecule has 1 N–H and O–H groups in total. The van der Waals surface area contributed by atoms with Gasteiger partial charge >= 0.3 is 12.1 Å². The first-order valence-electron chi connectivity index (χ1n) is 10.5. The lowest BCUT2D eigenvalue weighted by Gasteiger charge is -2.50. The van der Waals surface area contributed by atoms with Crippen molar-refractivity contribution in [2.45, 2.75) is 24.8 Å². The quantitative estimate of drug-likeness (QED) is 0.675. The van der Waals surface area contributed by atoms with Gasteiger partial charge in [0.25, 0.3) is 5.91 Å². The van der Waals surface area contributed by atoms with Crippen LogP contribution >= 0.6 is 0 Å². The lowest BCUT2D eigenvalue weighted by molar-refractivity contribution is -0.192. The lowest BCUT2D eigenvalue weighted by atomic mass is 9.81. The molecule has 1 atom stereocenters. The van der Waals surface area contributed by atoms with Crippen LogP contribution in [0.15, 0.2) is 48.7 Å². The second-order valence-electron chi connectivity index (χ2n) is 7.93. The smallest absolute Gasteiger partial charge is 0.490 e. The van der Waals surface area contributed by atoms with Crippen molar-refractivity contribution in [1.82, 2.24) is 9.88 Å². The molecule has 2 fully saturated rings. The van der Waals surface area contributed by atoms with Crippen molar-refractivity contribution >= 4 is 11.9 Å². The predicted molar refractivity (Wildman–Crippen MR) is 113 cm³/mol. The first kappa shape index (κ1) is 25.4. The van der Waals surface area contributed by atoms with E-state index in [1.165, 1.54) is 0 Å². The van der Waals surface area contributed by atoms with Gasteiger partial charge < -0.3 is 24.2 Å². The van der Waals surface area contributed by atoms with Crippen molar-refractivity contribution in [3.63, 3.8) is 0 Å². The number of rotatable bonds is 6. The maximum Gasteiger partial charge on any atom is 0.490 e. The van der Waals surface area contributed by atoms with Crippen molar-refractivity contribution in [1.29, 1.82) is 0 Å². The number of methoxy groups -OCH3 is 1. The van der Waals surface area contributed by atoms with E-state index in [4.69, 9.17) is 24.1 Å². The zero-order valence-corrected chi connectivity index (χ0v) is 18.5. The Hall–Kier alpha value is -3.18.